The van der Waals surface area contributed by atoms with Crippen molar-refractivity contribution in [3.05, 3.63) is 0 Å². The first-order chi connectivity index (χ1) is 6.15. The van der Waals surface area contributed by atoms with Crippen LogP contribution in [0, 0.1) is 0 Å². The zero-order valence-corrected chi connectivity index (χ0v) is 8.88. The minimum atomic E-state index is -0.428. The average Bonchev–Trinajstić information content (AvgIpc) is 2.10. The Kier molecular flexibility index (Phi) is 5.49. The van der Waals surface area contributed by atoms with Crippen LogP contribution in [0.3, 0.4) is 0 Å². The van der Waals surface area contributed by atoms with Crippen LogP contribution >= 0.6 is 12.4 Å². The zero-order valence-electron chi connectivity index (χ0n) is 8.06. The quantitative estimate of drug-likeness (QED) is 0.686. The number of nitrogens with zero attached hydrogens (tertiary/aromatic N) is 1. The van der Waals surface area contributed by atoms with Crippen molar-refractivity contribution < 1.29 is 14.3 Å². The second-order valence-corrected chi connectivity index (χ2v) is 2.98. The molecule has 82 valence electrons. The highest BCUT2D eigenvalue weighted by molar-refractivity contribution is 5.89. The Bertz CT molecular complexity index is 223. The van der Waals surface area contributed by atoms with Gasteiger partial charge in [-0.1, -0.05) is 0 Å². The molecule has 1 aliphatic rings. The van der Waals surface area contributed by atoms with Crippen molar-refractivity contribution in [3.8, 4) is 0 Å². The third-order valence-corrected chi connectivity index (χ3v) is 2.00. The van der Waals surface area contributed by atoms with Gasteiger partial charge in [0, 0.05) is 6.54 Å². The third-order valence-electron chi connectivity index (χ3n) is 2.00. The number of ether oxygens (including phenoxy) is 1. The molecule has 0 aliphatic carbocycles. The van der Waals surface area contributed by atoms with E-state index in [-0.39, 0.29) is 24.7 Å². The van der Waals surface area contributed by atoms with Gasteiger partial charge in [-0.3, -0.25) is 4.79 Å². The summed E-state index contributed by atoms with van der Waals surface area (Å²) in [6, 6.07) is -0.411. The van der Waals surface area contributed by atoms with Gasteiger partial charge < -0.3 is 15.4 Å². The summed E-state index contributed by atoms with van der Waals surface area (Å²) in [6.45, 7) is 2.65. The summed E-state index contributed by atoms with van der Waals surface area (Å²) in [5.74, 6) is -0.0979. The Balaban J connectivity index is 0.00000169. The van der Waals surface area contributed by atoms with Crippen molar-refractivity contribution >= 4 is 24.3 Å². The van der Waals surface area contributed by atoms with Crippen molar-refractivity contribution in [3.63, 3.8) is 0 Å². The van der Waals surface area contributed by atoms with Gasteiger partial charge in [-0.2, -0.15) is 0 Å². The predicted octanol–water partition coefficient (Wildman–Crippen LogP) is 0.167. The lowest BCUT2D eigenvalue weighted by Crippen LogP contribution is -2.49. The van der Waals surface area contributed by atoms with Gasteiger partial charge in [0.15, 0.2) is 5.78 Å². The molecule has 1 atom stereocenters. The molecule has 1 fully saturated rings. The summed E-state index contributed by atoms with van der Waals surface area (Å²) in [6.07, 6.45) is 0.0974. The molecule has 0 aromatic carbocycles. The third kappa shape index (κ3) is 3.16. The lowest BCUT2D eigenvalue weighted by molar-refractivity contribution is -0.123. The van der Waals surface area contributed by atoms with Crippen LogP contribution in [-0.2, 0) is 9.53 Å². The highest BCUT2D eigenvalue weighted by Gasteiger charge is 2.27. The van der Waals surface area contributed by atoms with Crippen LogP contribution in [0.5, 0.6) is 0 Å². The second-order valence-electron chi connectivity index (χ2n) is 2.98. The summed E-state index contributed by atoms with van der Waals surface area (Å²) in [4.78, 5) is 23.7. The van der Waals surface area contributed by atoms with Gasteiger partial charge in [0.25, 0.3) is 0 Å². The summed E-state index contributed by atoms with van der Waals surface area (Å²) in [7, 11) is 0. The molecule has 14 heavy (non-hydrogen) atoms. The van der Waals surface area contributed by atoms with Gasteiger partial charge >= 0.3 is 6.09 Å². The van der Waals surface area contributed by atoms with E-state index in [0.29, 0.717) is 19.6 Å². The molecule has 5 nitrogen and oxygen atoms in total. The van der Waals surface area contributed by atoms with Crippen molar-refractivity contribution in [2.45, 2.75) is 19.4 Å². The van der Waals surface area contributed by atoms with Crippen LogP contribution in [0.4, 0.5) is 4.79 Å². The fourth-order valence-electron chi connectivity index (χ4n) is 1.21. The molecule has 0 radical (unpaired) electrons. The van der Waals surface area contributed by atoms with Gasteiger partial charge in [-0.25, -0.2) is 4.79 Å². The number of nitrogens with two attached hydrogens (primary N) is 1. The number of hydrogen-bond donors (Lipinski definition) is 1. The summed E-state index contributed by atoms with van der Waals surface area (Å²) >= 11 is 0. The van der Waals surface area contributed by atoms with E-state index in [0.717, 1.165) is 0 Å². The topological polar surface area (TPSA) is 72.6 Å². The number of halogens is 1. The maximum absolute atomic E-state index is 11.2. The van der Waals surface area contributed by atoms with Gasteiger partial charge in [0.05, 0.1) is 19.2 Å². The van der Waals surface area contributed by atoms with E-state index in [2.05, 4.69) is 0 Å². The molecule has 1 amide bonds. The SMILES string of the molecule is CCOC(=O)N1CCC(N)C(=O)C1.Cl. The Morgan fingerprint density at radius 3 is 2.86 bits per heavy atom. The van der Waals surface area contributed by atoms with Crippen molar-refractivity contribution in [2.75, 3.05) is 19.7 Å². The van der Waals surface area contributed by atoms with E-state index in [4.69, 9.17) is 10.5 Å². The number of piperidine rings is 1. The number of amides is 1. The molecule has 6 heteroatoms. The molecule has 0 saturated carbocycles. The lowest BCUT2D eigenvalue weighted by atomic mass is 10.1. The first-order valence-corrected chi connectivity index (χ1v) is 4.35. The molecule has 0 aromatic heterocycles. The molecule has 0 spiro atoms. The maximum Gasteiger partial charge on any atom is 0.410 e. The van der Waals surface area contributed by atoms with Crippen molar-refractivity contribution in [2.24, 2.45) is 5.73 Å². The van der Waals surface area contributed by atoms with E-state index in [1.54, 1.807) is 6.92 Å². The van der Waals surface area contributed by atoms with Gasteiger partial charge in [-0.05, 0) is 13.3 Å². The molecule has 0 bridgehead atoms. The molecule has 2 N–H and O–H groups in total. The Hall–Kier alpha value is -0.810. The van der Waals surface area contributed by atoms with Gasteiger partial charge in [-0.15, -0.1) is 12.4 Å². The van der Waals surface area contributed by atoms with Crippen LogP contribution in [0.1, 0.15) is 13.3 Å². The number of hydrogen-bond acceptors (Lipinski definition) is 4. The van der Waals surface area contributed by atoms with E-state index >= 15 is 0 Å². The maximum atomic E-state index is 11.2. The highest BCUT2D eigenvalue weighted by atomic mass is 35.5. The first kappa shape index (κ1) is 13.2. The number of likely N-dealkylation sites (tertiary alicyclic amines) is 1. The monoisotopic (exact) mass is 222 g/mol. The van der Waals surface area contributed by atoms with Crippen LogP contribution in [0.15, 0.2) is 0 Å². The lowest BCUT2D eigenvalue weighted by Gasteiger charge is -2.27. The van der Waals surface area contributed by atoms with E-state index in [1.165, 1.54) is 4.90 Å². The normalized spacial score (nSPS) is 21.4. The van der Waals surface area contributed by atoms with E-state index < -0.39 is 12.1 Å². The minimum absolute atomic E-state index is 0. The number of carbonyl (C=O) groups is 2. The smallest absolute Gasteiger partial charge is 0.410 e. The number of Topliss-reactive ketones (excluding diaryl/α,β-unsaturated/α-hetero) is 1. The number of carbonyl (C=O) groups excluding carboxylic acids is 2. The highest BCUT2D eigenvalue weighted by Crippen LogP contribution is 2.06. The van der Waals surface area contributed by atoms with Crippen LogP contribution in [-0.4, -0.2) is 42.5 Å². The Morgan fingerprint density at radius 2 is 2.36 bits per heavy atom. The fourth-order valence-corrected chi connectivity index (χ4v) is 1.21. The van der Waals surface area contributed by atoms with Crippen molar-refractivity contribution in [1.82, 2.24) is 4.90 Å². The van der Waals surface area contributed by atoms with Crippen LogP contribution in [0.2, 0.25) is 0 Å². The minimum Gasteiger partial charge on any atom is -0.450 e. The van der Waals surface area contributed by atoms with Crippen molar-refractivity contribution in [1.29, 1.82) is 0 Å². The van der Waals surface area contributed by atoms with Gasteiger partial charge in [0.1, 0.15) is 0 Å². The Labute approximate surface area is 89.0 Å². The Morgan fingerprint density at radius 1 is 1.71 bits per heavy atom. The predicted molar refractivity (Wildman–Crippen MR) is 53.4 cm³/mol. The largest absolute Gasteiger partial charge is 0.450 e. The number of rotatable bonds is 1. The van der Waals surface area contributed by atoms with E-state index in [1.807, 2.05) is 0 Å². The second kappa shape index (κ2) is 5.82. The molecule has 1 unspecified atom stereocenters. The molecular formula is C8H15ClN2O3. The molecule has 1 aliphatic heterocycles. The molecule has 0 aromatic rings. The first-order valence-electron chi connectivity index (χ1n) is 4.35. The van der Waals surface area contributed by atoms with Crippen LogP contribution in [0.25, 0.3) is 0 Å². The summed E-state index contributed by atoms with van der Waals surface area (Å²) in [5.41, 5.74) is 5.49. The standard InChI is InChI=1S/C8H14N2O3.ClH/c1-2-13-8(12)10-4-3-6(9)7(11)5-10;/h6H,2-5,9H2,1H3;1H. The van der Waals surface area contributed by atoms with Crippen LogP contribution < -0.4 is 5.73 Å². The van der Waals surface area contributed by atoms with Gasteiger partial charge in [0.2, 0.25) is 0 Å². The molecular weight excluding hydrogens is 208 g/mol. The fraction of sp³-hybridized carbons (Fsp3) is 0.750. The number of ketones is 1. The molecule has 1 rings (SSSR count). The molecule has 1 heterocycles. The summed E-state index contributed by atoms with van der Waals surface area (Å²) < 4.78 is 4.76. The molecule has 1 saturated heterocycles. The average molecular weight is 223 g/mol. The van der Waals surface area contributed by atoms with E-state index in [9.17, 15) is 9.59 Å². The zero-order chi connectivity index (χ0) is 9.84. The summed E-state index contributed by atoms with van der Waals surface area (Å²) in [5, 5.41) is 0.